The van der Waals surface area contributed by atoms with Gasteiger partial charge in [0, 0.05) is 4.83 Å². The summed E-state index contributed by atoms with van der Waals surface area (Å²) in [4.78, 5) is 0.645. The third-order valence-corrected chi connectivity index (χ3v) is 4.16. The van der Waals surface area contributed by atoms with Crippen LogP contribution in [0.4, 0.5) is 0 Å². The van der Waals surface area contributed by atoms with E-state index in [1.165, 1.54) is 29.2 Å². The monoisotopic (exact) mass is 276 g/mol. The summed E-state index contributed by atoms with van der Waals surface area (Å²) in [5.41, 5.74) is 1.47. The predicted molar refractivity (Wildman–Crippen MR) is 75.3 cm³/mol. The highest BCUT2D eigenvalue weighted by molar-refractivity contribution is 9.09. The van der Waals surface area contributed by atoms with Gasteiger partial charge in [0.1, 0.15) is 0 Å². The lowest BCUT2D eigenvalue weighted by Crippen LogP contribution is -1.98. The zero-order valence-corrected chi connectivity index (χ0v) is 11.2. The molecule has 2 rings (SSSR count). The first-order valence-corrected chi connectivity index (χ1v) is 6.83. The molecule has 2 aromatic rings. The van der Waals surface area contributed by atoms with Crippen molar-refractivity contribution < 1.29 is 0 Å². The second-order valence-electron chi connectivity index (χ2n) is 4.18. The van der Waals surface area contributed by atoms with E-state index < -0.39 is 0 Å². The molecule has 0 amide bonds. The number of alkyl halides is 1. The number of aryl methyl sites for hydroxylation is 1. The fourth-order valence-corrected chi connectivity index (χ4v) is 2.26. The summed E-state index contributed by atoms with van der Waals surface area (Å²) in [6.07, 6.45) is 3.57. The van der Waals surface area contributed by atoms with Crippen molar-refractivity contribution in [1.29, 1.82) is 0 Å². The van der Waals surface area contributed by atoms with E-state index in [9.17, 15) is 0 Å². The normalized spacial score (nSPS) is 12.9. The van der Waals surface area contributed by atoms with Crippen molar-refractivity contribution >= 4 is 26.7 Å². The molecule has 84 valence electrons. The van der Waals surface area contributed by atoms with E-state index in [4.69, 9.17) is 0 Å². The Labute approximate surface area is 106 Å². The van der Waals surface area contributed by atoms with Gasteiger partial charge in [0.25, 0.3) is 0 Å². The summed E-state index contributed by atoms with van der Waals surface area (Å²) in [7, 11) is 0. The molecule has 0 saturated carbocycles. The largest absolute Gasteiger partial charge is 0.0891 e. The average Bonchev–Trinajstić information content (AvgIpc) is 2.35. The molecule has 0 spiro atoms. The summed E-state index contributed by atoms with van der Waals surface area (Å²) in [6, 6.07) is 15.2. The second kappa shape index (κ2) is 5.49. The molecule has 0 fully saturated rings. The Morgan fingerprint density at radius 2 is 1.81 bits per heavy atom. The third-order valence-electron chi connectivity index (χ3n) is 3.05. The van der Waals surface area contributed by atoms with E-state index >= 15 is 0 Å². The van der Waals surface area contributed by atoms with Gasteiger partial charge in [-0.05, 0) is 35.6 Å². The summed E-state index contributed by atoms with van der Waals surface area (Å²) in [6.45, 7) is 2.22. The Bertz CT molecular complexity index is 456. The number of fused-ring (bicyclic) bond motifs is 1. The zero-order chi connectivity index (χ0) is 11.4. The van der Waals surface area contributed by atoms with Gasteiger partial charge in [-0.25, -0.2) is 0 Å². The quantitative estimate of drug-likeness (QED) is 0.694. The van der Waals surface area contributed by atoms with E-state index in [2.05, 4.69) is 65.3 Å². The topological polar surface area (TPSA) is 0 Å². The van der Waals surface area contributed by atoms with Crippen LogP contribution in [-0.2, 0) is 6.42 Å². The molecule has 0 radical (unpaired) electrons. The summed E-state index contributed by atoms with van der Waals surface area (Å²) in [5.74, 6) is 0. The van der Waals surface area contributed by atoms with Gasteiger partial charge in [-0.1, -0.05) is 65.3 Å². The van der Waals surface area contributed by atoms with Crippen molar-refractivity contribution in [3.05, 3.63) is 48.0 Å². The molecule has 1 heteroatoms. The molecular formula is C15H17Br. The molecule has 0 aliphatic heterocycles. The molecule has 0 heterocycles. The molecule has 0 aliphatic rings. The van der Waals surface area contributed by atoms with E-state index in [1.807, 2.05) is 0 Å². The van der Waals surface area contributed by atoms with Gasteiger partial charge in [-0.15, -0.1) is 0 Å². The van der Waals surface area contributed by atoms with Crippen LogP contribution in [0.5, 0.6) is 0 Å². The van der Waals surface area contributed by atoms with Gasteiger partial charge in [0.05, 0.1) is 0 Å². The van der Waals surface area contributed by atoms with E-state index in [0.29, 0.717) is 4.83 Å². The second-order valence-corrected chi connectivity index (χ2v) is 5.48. The summed E-state index contributed by atoms with van der Waals surface area (Å²) >= 11 is 3.70. The molecule has 1 unspecified atom stereocenters. The fourth-order valence-electron chi connectivity index (χ4n) is 2.03. The smallest absolute Gasteiger partial charge is 0.0146 e. The zero-order valence-electron chi connectivity index (χ0n) is 9.62. The SMILES string of the molecule is CCC(Br)CCc1cccc2ccccc12. The summed E-state index contributed by atoms with van der Waals surface area (Å²) in [5, 5.41) is 2.75. The first-order valence-electron chi connectivity index (χ1n) is 5.92. The lowest BCUT2D eigenvalue weighted by atomic mass is 10.00. The lowest BCUT2D eigenvalue weighted by Gasteiger charge is -2.09. The number of rotatable bonds is 4. The minimum Gasteiger partial charge on any atom is -0.0891 e. The van der Waals surface area contributed by atoms with Crippen LogP contribution in [0.15, 0.2) is 42.5 Å². The molecule has 0 aliphatic carbocycles. The number of benzene rings is 2. The summed E-state index contributed by atoms with van der Waals surface area (Å²) < 4.78 is 0. The first-order chi connectivity index (χ1) is 7.81. The number of halogens is 1. The van der Waals surface area contributed by atoms with Crippen LogP contribution in [0.1, 0.15) is 25.3 Å². The Hall–Kier alpha value is -0.820. The highest BCUT2D eigenvalue weighted by Gasteiger charge is 2.04. The van der Waals surface area contributed by atoms with Crippen LogP contribution >= 0.6 is 15.9 Å². The van der Waals surface area contributed by atoms with Gasteiger partial charge >= 0.3 is 0 Å². The van der Waals surface area contributed by atoms with Crippen molar-refractivity contribution in [2.75, 3.05) is 0 Å². The molecule has 0 nitrogen and oxygen atoms in total. The van der Waals surface area contributed by atoms with Gasteiger partial charge in [0.15, 0.2) is 0 Å². The maximum Gasteiger partial charge on any atom is 0.0146 e. The fraction of sp³-hybridized carbons (Fsp3) is 0.333. The van der Waals surface area contributed by atoms with Gasteiger partial charge in [0.2, 0.25) is 0 Å². The van der Waals surface area contributed by atoms with Crippen LogP contribution in [0.3, 0.4) is 0 Å². The molecule has 0 bridgehead atoms. The van der Waals surface area contributed by atoms with Crippen LogP contribution in [0, 0.1) is 0 Å². The van der Waals surface area contributed by atoms with Crippen LogP contribution in [0.25, 0.3) is 10.8 Å². The maximum absolute atomic E-state index is 3.70. The van der Waals surface area contributed by atoms with Gasteiger partial charge < -0.3 is 0 Å². The van der Waals surface area contributed by atoms with Crippen LogP contribution < -0.4 is 0 Å². The maximum atomic E-state index is 3.70. The van der Waals surface area contributed by atoms with Crippen molar-refractivity contribution in [2.24, 2.45) is 0 Å². The molecule has 0 aromatic heterocycles. The minimum absolute atomic E-state index is 0.645. The average molecular weight is 277 g/mol. The van der Waals surface area contributed by atoms with Gasteiger partial charge in [-0.2, -0.15) is 0 Å². The Morgan fingerprint density at radius 1 is 1.06 bits per heavy atom. The molecule has 2 aromatic carbocycles. The molecule has 1 atom stereocenters. The third kappa shape index (κ3) is 2.65. The Kier molecular flexibility index (Phi) is 4.00. The predicted octanol–water partition coefficient (Wildman–Crippen LogP) is 4.95. The van der Waals surface area contributed by atoms with Crippen molar-refractivity contribution in [1.82, 2.24) is 0 Å². The lowest BCUT2D eigenvalue weighted by molar-refractivity contribution is 0.749. The van der Waals surface area contributed by atoms with Crippen molar-refractivity contribution in [3.8, 4) is 0 Å². The van der Waals surface area contributed by atoms with Crippen LogP contribution in [-0.4, -0.2) is 4.83 Å². The molecule has 0 N–H and O–H groups in total. The van der Waals surface area contributed by atoms with Crippen molar-refractivity contribution in [3.63, 3.8) is 0 Å². The molecule has 0 saturated heterocycles. The van der Waals surface area contributed by atoms with Crippen LogP contribution in [0.2, 0.25) is 0 Å². The number of hydrogen-bond donors (Lipinski definition) is 0. The number of hydrogen-bond acceptors (Lipinski definition) is 0. The molecule has 16 heavy (non-hydrogen) atoms. The van der Waals surface area contributed by atoms with E-state index in [-0.39, 0.29) is 0 Å². The Balaban J connectivity index is 2.23. The van der Waals surface area contributed by atoms with E-state index in [0.717, 1.165) is 6.42 Å². The Morgan fingerprint density at radius 3 is 2.62 bits per heavy atom. The van der Waals surface area contributed by atoms with Crippen molar-refractivity contribution in [2.45, 2.75) is 31.0 Å². The first kappa shape index (κ1) is 11.7. The highest BCUT2D eigenvalue weighted by Crippen LogP contribution is 2.21. The van der Waals surface area contributed by atoms with Gasteiger partial charge in [-0.3, -0.25) is 0 Å². The van der Waals surface area contributed by atoms with E-state index in [1.54, 1.807) is 0 Å². The standard InChI is InChI=1S/C15H17Br/c1-2-14(16)11-10-13-8-5-7-12-6-3-4-9-15(12)13/h3-9,14H,2,10-11H2,1H3. The minimum atomic E-state index is 0.645. The molecular weight excluding hydrogens is 260 g/mol. The highest BCUT2D eigenvalue weighted by atomic mass is 79.9.